The second-order valence-corrected chi connectivity index (χ2v) is 19.9. The van der Waals surface area contributed by atoms with E-state index in [1.807, 2.05) is 0 Å². The quantitative estimate of drug-likeness (QED) is 0.166. The molecule has 0 aromatic heterocycles. The SMILES string of the molecule is CC1(C)c2ccc3ccccc3c2-c2c1cc(-c1ccc(-c3cc4c(c5ccccc35)-c3c(cc(-c5cccc6ccccc56)c5ccccc35)C4(C)C)c3ccccc13)c1ccccc21. The van der Waals surface area contributed by atoms with Crippen molar-refractivity contribution in [2.75, 3.05) is 0 Å². The largest absolute Gasteiger partial charge is 0.0616 e. The predicted octanol–water partition coefficient (Wildman–Crippen LogP) is 18.2. The standard InChI is InChI=1S/C66H46/c1-65(2)57-35-32-40-19-6-8-22-42(40)61(57)62-51-28-14-12-26-47(51)55(37-58(62)65)49-33-34-50(45-24-10-9-23-44(45)49)56-38-60-64(53-30-16-13-27-48(53)56)63-52-29-15-11-25-46(52)54(36-59(63)66(60,3)4)43-31-17-20-39-18-5-7-21-41(39)43/h5-38H,1-4H3. The topological polar surface area (TPSA) is 0 Å². The molecular formula is C66H46. The Morgan fingerprint density at radius 2 is 0.515 bits per heavy atom. The van der Waals surface area contributed by atoms with Gasteiger partial charge in [-0.3, -0.25) is 0 Å². The lowest BCUT2D eigenvalue weighted by atomic mass is 9.78. The van der Waals surface area contributed by atoms with E-state index >= 15 is 0 Å². The summed E-state index contributed by atoms with van der Waals surface area (Å²) in [5.74, 6) is 0. The highest BCUT2D eigenvalue weighted by Crippen LogP contribution is 2.59. The molecule has 0 unspecified atom stereocenters. The molecule has 0 aliphatic heterocycles. The van der Waals surface area contributed by atoms with Gasteiger partial charge < -0.3 is 0 Å². The Morgan fingerprint density at radius 3 is 0.970 bits per heavy atom. The van der Waals surface area contributed by atoms with Crippen LogP contribution in [0.25, 0.3) is 120 Å². The van der Waals surface area contributed by atoms with Crippen molar-refractivity contribution >= 4 is 64.6 Å². The van der Waals surface area contributed by atoms with E-state index in [0.29, 0.717) is 0 Å². The van der Waals surface area contributed by atoms with Crippen molar-refractivity contribution in [2.45, 2.75) is 38.5 Å². The van der Waals surface area contributed by atoms with Crippen molar-refractivity contribution in [3.63, 3.8) is 0 Å². The molecule has 14 rings (SSSR count). The van der Waals surface area contributed by atoms with E-state index in [1.54, 1.807) is 0 Å². The number of benzene rings is 12. The van der Waals surface area contributed by atoms with E-state index in [2.05, 4.69) is 234 Å². The third-order valence-electron chi connectivity index (χ3n) is 15.8. The molecule has 0 fully saturated rings. The Kier molecular flexibility index (Phi) is 7.61. The molecule has 0 heterocycles. The lowest BCUT2D eigenvalue weighted by Crippen LogP contribution is -2.15. The van der Waals surface area contributed by atoms with Gasteiger partial charge in [0.1, 0.15) is 0 Å². The van der Waals surface area contributed by atoms with E-state index < -0.39 is 0 Å². The molecule has 0 spiro atoms. The summed E-state index contributed by atoms with van der Waals surface area (Å²) in [6.45, 7) is 9.72. The fraction of sp³-hybridized carbons (Fsp3) is 0.0909. The lowest BCUT2D eigenvalue weighted by Gasteiger charge is -2.25. The lowest BCUT2D eigenvalue weighted by molar-refractivity contribution is 0.661. The second-order valence-electron chi connectivity index (χ2n) is 19.9. The maximum atomic E-state index is 2.56. The minimum atomic E-state index is -0.248. The van der Waals surface area contributed by atoms with Crippen LogP contribution in [0.5, 0.6) is 0 Å². The van der Waals surface area contributed by atoms with Gasteiger partial charge in [-0.15, -0.1) is 0 Å². The third kappa shape index (κ3) is 4.94. The maximum Gasteiger partial charge on any atom is 0.0159 e. The summed E-state index contributed by atoms with van der Waals surface area (Å²) < 4.78 is 0. The Balaban J connectivity index is 0.997. The molecule has 12 aromatic rings. The predicted molar refractivity (Wildman–Crippen MR) is 283 cm³/mol. The number of fused-ring (bicyclic) bond motifs is 16. The average Bonchev–Trinajstić information content (AvgIpc) is 3.74. The first-order valence-electron chi connectivity index (χ1n) is 23.5. The molecule has 0 radical (unpaired) electrons. The van der Waals surface area contributed by atoms with Crippen LogP contribution in [0.1, 0.15) is 49.9 Å². The smallest absolute Gasteiger partial charge is 0.0159 e. The van der Waals surface area contributed by atoms with Gasteiger partial charge in [-0.2, -0.15) is 0 Å². The first kappa shape index (κ1) is 37.6. The van der Waals surface area contributed by atoms with Crippen molar-refractivity contribution in [3.8, 4) is 55.6 Å². The molecule has 0 saturated heterocycles. The average molecular weight is 839 g/mol. The van der Waals surface area contributed by atoms with E-state index in [0.717, 1.165) is 0 Å². The van der Waals surface area contributed by atoms with Crippen molar-refractivity contribution in [2.24, 2.45) is 0 Å². The van der Waals surface area contributed by atoms with Gasteiger partial charge in [-0.05, 0) is 161 Å². The van der Waals surface area contributed by atoms with Gasteiger partial charge >= 0.3 is 0 Å². The zero-order valence-corrected chi connectivity index (χ0v) is 37.6. The number of rotatable bonds is 3. The normalized spacial score (nSPS) is 14.3. The Bertz CT molecular complexity index is 4090. The van der Waals surface area contributed by atoms with Crippen LogP contribution in [0.3, 0.4) is 0 Å². The fourth-order valence-corrected chi connectivity index (χ4v) is 12.7. The Hall–Kier alpha value is -7.80. The molecule has 66 heavy (non-hydrogen) atoms. The number of hydrogen-bond donors (Lipinski definition) is 0. The van der Waals surface area contributed by atoms with Gasteiger partial charge in [0.15, 0.2) is 0 Å². The molecule has 0 atom stereocenters. The summed E-state index contributed by atoms with van der Waals surface area (Å²) >= 11 is 0. The minimum Gasteiger partial charge on any atom is -0.0616 e. The fourth-order valence-electron chi connectivity index (χ4n) is 12.7. The third-order valence-corrected chi connectivity index (χ3v) is 15.8. The van der Waals surface area contributed by atoms with Crippen molar-refractivity contribution < 1.29 is 0 Å². The Morgan fingerprint density at radius 1 is 0.212 bits per heavy atom. The van der Waals surface area contributed by atoms with Crippen LogP contribution in [0.4, 0.5) is 0 Å². The van der Waals surface area contributed by atoms with Crippen LogP contribution in [-0.4, -0.2) is 0 Å². The molecule has 310 valence electrons. The zero-order chi connectivity index (χ0) is 44.1. The van der Waals surface area contributed by atoms with Gasteiger partial charge in [0.25, 0.3) is 0 Å². The van der Waals surface area contributed by atoms with Crippen molar-refractivity contribution in [1.29, 1.82) is 0 Å². The summed E-state index contributed by atoms with van der Waals surface area (Å²) in [5, 5.41) is 15.6. The molecule has 2 aliphatic carbocycles. The van der Waals surface area contributed by atoms with Gasteiger partial charge in [0.2, 0.25) is 0 Å². The molecule has 0 amide bonds. The number of hydrogen-bond acceptors (Lipinski definition) is 0. The monoisotopic (exact) mass is 838 g/mol. The molecule has 0 bridgehead atoms. The highest BCUT2D eigenvalue weighted by Gasteiger charge is 2.40. The van der Waals surface area contributed by atoms with Crippen LogP contribution in [-0.2, 0) is 10.8 Å². The summed E-state index contributed by atoms with van der Waals surface area (Å²) in [4.78, 5) is 0. The summed E-state index contributed by atoms with van der Waals surface area (Å²) in [6, 6.07) is 78.1. The summed E-state index contributed by atoms with van der Waals surface area (Å²) in [7, 11) is 0. The van der Waals surface area contributed by atoms with Gasteiger partial charge in [-0.25, -0.2) is 0 Å². The molecule has 0 nitrogen and oxygen atoms in total. The van der Waals surface area contributed by atoms with Crippen LogP contribution in [0.2, 0.25) is 0 Å². The highest BCUT2D eigenvalue weighted by atomic mass is 14.4. The van der Waals surface area contributed by atoms with Crippen LogP contribution in [0, 0.1) is 0 Å². The molecule has 2 aliphatic rings. The van der Waals surface area contributed by atoms with Crippen molar-refractivity contribution in [3.05, 3.63) is 229 Å². The van der Waals surface area contributed by atoms with E-state index in [1.165, 1.54) is 143 Å². The molecular weight excluding hydrogens is 793 g/mol. The maximum absolute atomic E-state index is 2.56. The van der Waals surface area contributed by atoms with E-state index in [-0.39, 0.29) is 10.8 Å². The molecule has 0 saturated carbocycles. The van der Waals surface area contributed by atoms with E-state index in [4.69, 9.17) is 0 Å². The van der Waals surface area contributed by atoms with Gasteiger partial charge in [-0.1, -0.05) is 216 Å². The first-order chi connectivity index (χ1) is 32.3. The zero-order valence-electron chi connectivity index (χ0n) is 37.6. The van der Waals surface area contributed by atoms with Gasteiger partial charge in [0.05, 0.1) is 0 Å². The van der Waals surface area contributed by atoms with Crippen molar-refractivity contribution in [1.82, 2.24) is 0 Å². The summed E-state index contributed by atoms with van der Waals surface area (Å²) in [6.07, 6.45) is 0. The highest BCUT2D eigenvalue weighted by molar-refractivity contribution is 6.21. The first-order valence-corrected chi connectivity index (χ1v) is 23.5. The van der Waals surface area contributed by atoms with Gasteiger partial charge in [0, 0.05) is 10.8 Å². The minimum absolute atomic E-state index is 0.155. The molecule has 12 aromatic carbocycles. The summed E-state index contributed by atoms with van der Waals surface area (Å²) in [5.41, 5.74) is 18.4. The van der Waals surface area contributed by atoms with Crippen LogP contribution in [0.15, 0.2) is 206 Å². The molecule has 0 N–H and O–H groups in total. The molecule has 0 heteroatoms. The van der Waals surface area contributed by atoms with Crippen LogP contribution < -0.4 is 0 Å². The van der Waals surface area contributed by atoms with E-state index in [9.17, 15) is 0 Å². The van der Waals surface area contributed by atoms with Crippen LogP contribution >= 0.6 is 0 Å². The Labute approximate surface area is 385 Å². The second kappa shape index (κ2) is 13.4.